The molecule has 1 heterocycles. The maximum atomic E-state index is 12.6. The molecule has 1 nitrogen and oxygen atoms in total. The molecular weight excluding hydrogens is 279 g/mol. The van der Waals surface area contributed by atoms with Gasteiger partial charge in [-0.25, -0.2) is 0 Å². The zero-order valence-corrected chi connectivity index (χ0v) is 11.2. The first kappa shape index (κ1) is 13.7. The van der Waals surface area contributed by atoms with Gasteiger partial charge in [-0.05, 0) is 30.7 Å². The summed E-state index contributed by atoms with van der Waals surface area (Å²) < 4.78 is 39.6. The van der Waals surface area contributed by atoms with Crippen LogP contribution < -0.4 is 0 Å². The van der Waals surface area contributed by atoms with Crippen LogP contribution in [0.2, 0.25) is 0 Å². The van der Waals surface area contributed by atoms with Crippen molar-refractivity contribution in [1.82, 2.24) is 4.57 Å². The highest BCUT2D eigenvalue weighted by Crippen LogP contribution is 2.31. The van der Waals surface area contributed by atoms with E-state index in [4.69, 9.17) is 0 Å². The summed E-state index contributed by atoms with van der Waals surface area (Å²) in [5.41, 5.74) is 0.242. The highest BCUT2D eigenvalue weighted by Gasteiger charge is 2.30. The number of aryl methyl sites for hydroxylation is 1. The number of alkyl halides is 3. The zero-order chi connectivity index (χ0) is 13.2. The minimum Gasteiger partial charge on any atom is -0.347 e. The van der Waals surface area contributed by atoms with Crippen molar-refractivity contribution < 1.29 is 13.2 Å². The lowest BCUT2D eigenvalue weighted by atomic mass is 10.1. The minimum atomic E-state index is -4.28. The van der Waals surface area contributed by atoms with Crippen LogP contribution in [-0.4, -0.2) is 10.3 Å². The number of fused-ring (bicyclic) bond motifs is 1. The van der Waals surface area contributed by atoms with Crippen molar-refractivity contribution in [2.75, 3.05) is 5.75 Å². The summed E-state index contributed by atoms with van der Waals surface area (Å²) >= 11 is 4.05. The van der Waals surface area contributed by atoms with Gasteiger partial charge in [0.05, 0.1) is 5.56 Å². The topological polar surface area (TPSA) is 4.93 Å². The molecule has 0 saturated heterocycles. The van der Waals surface area contributed by atoms with Crippen LogP contribution in [0.4, 0.5) is 13.2 Å². The summed E-state index contributed by atoms with van der Waals surface area (Å²) in [6.45, 7) is 0.794. The summed E-state index contributed by atoms with van der Waals surface area (Å²) in [5.74, 6) is 0.920. The normalized spacial score (nSPS) is 12.2. The molecule has 0 aliphatic rings. The molecule has 0 radical (unpaired) electrons. The largest absolute Gasteiger partial charge is 0.416 e. The van der Waals surface area contributed by atoms with Gasteiger partial charge in [0.15, 0.2) is 0 Å². The Morgan fingerprint density at radius 2 is 2.00 bits per heavy atom. The van der Waals surface area contributed by atoms with Crippen LogP contribution in [0.3, 0.4) is 0 Å². The lowest BCUT2D eigenvalue weighted by Crippen LogP contribution is -2.04. The number of halogens is 3. The maximum Gasteiger partial charge on any atom is 0.416 e. The van der Waals surface area contributed by atoms with Gasteiger partial charge in [0.2, 0.25) is 0 Å². The second-order valence-corrected chi connectivity index (χ2v) is 5.41. The van der Waals surface area contributed by atoms with E-state index in [1.54, 1.807) is 6.07 Å². The summed E-state index contributed by atoms with van der Waals surface area (Å²) in [6.07, 6.45) is -1.51. The SMILES string of the molecule is FC(F)(F)c1ccc2c(ccn2CCCSS)c1. The quantitative estimate of drug-likeness (QED) is 0.489. The standard InChI is InChI=1S/C12H12F3NS2/c13-12(14,15)10-2-3-11-9(8-10)4-6-16(11)5-1-7-18-17/h2-4,6,8,17H,1,5,7H2. The Bertz CT molecular complexity index is 534. The lowest BCUT2D eigenvalue weighted by molar-refractivity contribution is -0.137. The molecule has 0 bridgehead atoms. The van der Waals surface area contributed by atoms with Crippen LogP contribution in [-0.2, 0) is 12.7 Å². The van der Waals surface area contributed by atoms with E-state index >= 15 is 0 Å². The number of nitrogens with zero attached hydrogens (tertiary/aromatic N) is 1. The van der Waals surface area contributed by atoms with Crippen molar-refractivity contribution in [1.29, 1.82) is 0 Å². The van der Waals surface area contributed by atoms with Gasteiger partial charge in [-0.2, -0.15) is 13.2 Å². The fourth-order valence-corrected chi connectivity index (χ4v) is 2.52. The molecule has 18 heavy (non-hydrogen) atoms. The Kier molecular flexibility index (Phi) is 4.17. The molecule has 2 rings (SSSR count). The zero-order valence-electron chi connectivity index (χ0n) is 9.44. The molecule has 1 aromatic heterocycles. The number of aromatic nitrogens is 1. The number of benzene rings is 1. The van der Waals surface area contributed by atoms with Crippen molar-refractivity contribution in [2.45, 2.75) is 19.1 Å². The Morgan fingerprint density at radius 3 is 2.67 bits per heavy atom. The van der Waals surface area contributed by atoms with Gasteiger partial charge in [-0.3, -0.25) is 0 Å². The van der Waals surface area contributed by atoms with E-state index in [0.29, 0.717) is 5.39 Å². The summed E-state index contributed by atoms with van der Waals surface area (Å²) in [6, 6.07) is 5.58. The average molecular weight is 291 g/mol. The van der Waals surface area contributed by atoms with Gasteiger partial charge >= 0.3 is 6.18 Å². The summed E-state index contributed by atoms with van der Waals surface area (Å²) in [5, 5.41) is 0.628. The van der Waals surface area contributed by atoms with Gasteiger partial charge in [0.25, 0.3) is 0 Å². The lowest BCUT2D eigenvalue weighted by Gasteiger charge is -2.08. The fourth-order valence-electron chi connectivity index (χ4n) is 1.87. The molecule has 0 spiro atoms. The highest BCUT2D eigenvalue weighted by atomic mass is 33.1. The van der Waals surface area contributed by atoms with Gasteiger partial charge in [0, 0.05) is 29.4 Å². The molecule has 1 aromatic carbocycles. The molecule has 0 atom stereocenters. The van der Waals surface area contributed by atoms with Crippen molar-refractivity contribution >= 4 is 33.4 Å². The number of hydrogen-bond acceptors (Lipinski definition) is 2. The van der Waals surface area contributed by atoms with E-state index in [1.807, 2.05) is 10.8 Å². The van der Waals surface area contributed by atoms with Gasteiger partial charge in [0.1, 0.15) is 0 Å². The molecule has 6 heteroatoms. The number of rotatable bonds is 4. The molecule has 0 saturated carbocycles. The van der Waals surface area contributed by atoms with Crippen LogP contribution in [0.5, 0.6) is 0 Å². The van der Waals surface area contributed by atoms with Crippen LogP contribution in [0.1, 0.15) is 12.0 Å². The van der Waals surface area contributed by atoms with Crippen LogP contribution >= 0.6 is 22.5 Å². The van der Waals surface area contributed by atoms with E-state index < -0.39 is 11.7 Å². The third kappa shape index (κ3) is 2.98. The highest BCUT2D eigenvalue weighted by molar-refractivity contribution is 8.68. The Hall–Kier alpha value is -0.750. The molecule has 0 aliphatic carbocycles. The van der Waals surface area contributed by atoms with Crippen molar-refractivity contribution in [3.8, 4) is 0 Å². The second kappa shape index (κ2) is 5.48. The van der Waals surface area contributed by atoms with Gasteiger partial charge < -0.3 is 4.57 Å². The van der Waals surface area contributed by atoms with E-state index in [1.165, 1.54) is 22.9 Å². The van der Waals surface area contributed by atoms with E-state index in [2.05, 4.69) is 11.7 Å². The second-order valence-electron chi connectivity index (χ2n) is 3.97. The Balaban J connectivity index is 2.26. The van der Waals surface area contributed by atoms with Crippen LogP contribution in [0.15, 0.2) is 30.5 Å². The molecular formula is C12H12F3NS2. The maximum absolute atomic E-state index is 12.6. The smallest absolute Gasteiger partial charge is 0.347 e. The monoisotopic (exact) mass is 291 g/mol. The Labute approximate surface area is 112 Å². The molecule has 0 N–H and O–H groups in total. The van der Waals surface area contributed by atoms with Gasteiger partial charge in [-0.1, -0.05) is 10.8 Å². The Morgan fingerprint density at radius 1 is 1.22 bits per heavy atom. The van der Waals surface area contributed by atoms with Crippen LogP contribution in [0, 0.1) is 0 Å². The minimum absolute atomic E-state index is 0.598. The number of hydrogen-bond donors (Lipinski definition) is 1. The third-order valence-corrected chi connectivity index (χ3v) is 3.75. The molecule has 0 aliphatic heterocycles. The summed E-state index contributed by atoms with van der Waals surface area (Å²) in [4.78, 5) is 0. The van der Waals surface area contributed by atoms with Crippen molar-refractivity contribution in [2.24, 2.45) is 0 Å². The predicted molar refractivity (Wildman–Crippen MR) is 73.0 cm³/mol. The van der Waals surface area contributed by atoms with E-state index in [-0.39, 0.29) is 0 Å². The first-order valence-corrected chi connectivity index (χ1v) is 7.48. The molecule has 2 aromatic rings. The van der Waals surface area contributed by atoms with Gasteiger partial charge in [-0.15, -0.1) is 11.7 Å². The molecule has 98 valence electrons. The van der Waals surface area contributed by atoms with Crippen molar-refractivity contribution in [3.05, 3.63) is 36.0 Å². The molecule has 0 unspecified atom stereocenters. The van der Waals surface area contributed by atoms with Crippen LogP contribution in [0.25, 0.3) is 10.9 Å². The first-order valence-electron chi connectivity index (χ1n) is 5.45. The fraction of sp³-hybridized carbons (Fsp3) is 0.333. The van der Waals surface area contributed by atoms with E-state index in [9.17, 15) is 13.2 Å². The van der Waals surface area contributed by atoms with E-state index in [0.717, 1.165) is 30.3 Å². The molecule has 0 amide bonds. The van der Waals surface area contributed by atoms with Crippen molar-refractivity contribution in [3.63, 3.8) is 0 Å². The predicted octanol–water partition coefficient (Wildman–Crippen LogP) is 4.63. The third-order valence-electron chi connectivity index (χ3n) is 2.73. The first-order chi connectivity index (χ1) is 8.52. The number of thiol groups is 1. The summed E-state index contributed by atoms with van der Waals surface area (Å²) in [7, 11) is 1.47. The average Bonchev–Trinajstić information content (AvgIpc) is 2.71. The molecule has 0 fully saturated rings.